The van der Waals surface area contributed by atoms with E-state index in [-0.39, 0.29) is 18.9 Å². The average Bonchev–Trinajstić information content (AvgIpc) is 0.781. The molecule has 3 heterocycles. The first-order valence-electron chi connectivity index (χ1n) is 42.6. The van der Waals surface area contributed by atoms with Gasteiger partial charge in [-0.3, -0.25) is 4.79 Å². The number of carbonyl (C=O) groups excluding carboxylic acids is 1. The zero-order chi connectivity index (χ0) is 77.4. The summed E-state index contributed by atoms with van der Waals surface area (Å²) in [5.74, 6) is -0.278. The van der Waals surface area contributed by atoms with Crippen LogP contribution < -0.4 is 5.32 Å². The van der Waals surface area contributed by atoms with Crippen LogP contribution in [0.1, 0.15) is 309 Å². The van der Waals surface area contributed by atoms with Crippen molar-refractivity contribution in [2.45, 2.75) is 413 Å². The van der Waals surface area contributed by atoms with E-state index in [9.17, 15) is 61.0 Å². The molecule has 17 unspecified atom stereocenters. The highest BCUT2D eigenvalue weighted by molar-refractivity contribution is 5.76. The Balaban J connectivity index is 1.35. The van der Waals surface area contributed by atoms with E-state index in [1.165, 1.54) is 173 Å². The second-order valence-corrected chi connectivity index (χ2v) is 29.9. The zero-order valence-corrected chi connectivity index (χ0v) is 66.3. The highest BCUT2D eigenvalue weighted by Gasteiger charge is 2.54. The fraction of sp³-hybridized carbons (Fsp3) is 0.784. The minimum Gasteiger partial charge on any atom is -0.394 e. The fourth-order valence-corrected chi connectivity index (χ4v) is 13.8. The first-order valence-corrected chi connectivity index (χ1v) is 42.6. The number of rotatable bonds is 67. The van der Waals surface area contributed by atoms with Crippen molar-refractivity contribution in [2.24, 2.45) is 0 Å². The molecule has 12 N–H and O–H groups in total. The summed E-state index contributed by atoms with van der Waals surface area (Å²) < 4.78 is 34.5. The predicted molar refractivity (Wildman–Crippen MR) is 429 cm³/mol. The van der Waals surface area contributed by atoms with E-state index in [4.69, 9.17) is 28.4 Å². The number of allylic oxidation sites excluding steroid dienone is 17. The van der Waals surface area contributed by atoms with E-state index in [1.54, 1.807) is 6.08 Å². The van der Waals surface area contributed by atoms with Gasteiger partial charge in [-0.2, -0.15) is 0 Å². The molecule has 0 aromatic rings. The number of carbonyl (C=O) groups is 1. The maximum atomic E-state index is 13.5. The summed E-state index contributed by atoms with van der Waals surface area (Å²) in [5, 5.41) is 121. The van der Waals surface area contributed by atoms with Crippen molar-refractivity contribution in [3.05, 3.63) is 109 Å². The Morgan fingerprint density at radius 2 is 0.645 bits per heavy atom. The predicted octanol–water partition coefficient (Wildman–Crippen LogP) is 15.3. The molecule has 3 saturated heterocycles. The third-order valence-electron chi connectivity index (χ3n) is 20.6. The minimum absolute atomic E-state index is 0.236. The molecule has 3 aliphatic heterocycles. The molecule has 0 bridgehead atoms. The normalized spacial score (nSPS) is 26.1. The van der Waals surface area contributed by atoms with Gasteiger partial charge in [-0.25, -0.2) is 0 Å². The molecule has 618 valence electrons. The third kappa shape index (κ3) is 46.3. The molecule has 0 aromatic carbocycles. The topological polar surface area (TPSA) is 307 Å². The molecule has 19 heteroatoms. The number of ether oxygens (including phenoxy) is 6. The third-order valence-corrected chi connectivity index (χ3v) is 20.6. The molecular formula is C88H153NO18. The van der Waals surface area contributed by atoms with Gasteiger partial charge in [0.1, 0.15) is 73.2 Å². The smallest absolute Gasteiger partial charge is 0.220 e. The monoisotopic (exact) mass is 1510 g/mol. The van der Waals surface area contributed by atoms with Gasteiger partial charge in [0.2, 0.25) is 5.91 Å². The van der Waals surface area contributed by atoms with Crippen LogP contribution in [0.4, 0.5) is 0 Å². The van der Waals surface area contributed by atoms with Gasteiger partial charge in [0.25, 0.3) is 0 Å². The van der Waals surface area contributed by atoms with E-state index in [1.807, 2.05) is 6.08 Å². The van der Waals surface area contributed by atoms with Crippen molar-refractivity contribution in [3.63, 3.8) is 0 Å². The Hall–Kier alpha value is -3.55. The van der Waals surface area contributed by atoms with Gasteiger partial charge in [-0.1, -0.05) is 329 Å². The Bertz CT molecular complexity index is 2360. The van der Waals surface area contributed by atoms with E-state index in [2.05, 4.69) is 116 Å². The molecular weight excluding hydrogens is 1360 g/mol. The second kappa shape index (κ2) is 67.0. The van der Waals surface area contributed by atoms with Crippen LogP contribution in [0.25, 0.3) is 0 Å². The Morgan fingerprint density at radius 1 is 0.346 bits per heavy atom. The molecule has 0 aliphatic carbocycles. The molecule has 19 nitrogen and oxygen atoms in total. The molecule has 0 aromatic heterocycles. The van der Waals surface area contributed by atoms with Crippen LogP contribution >= 0.6 is 0 Å². The number of amides is 1. The lowest BCUT2D eigenvalue weighted by atomic mass is 9.96. The maximum absolute atomic E-state index is 13.5. The van der Waals surface area contributed by atoms with Crippen molar-refractivity contribution >= 4 is 5.91 Å². The van der Waals surface area contributed by atoms with Crippen molar-refractivity contribution in [1.29, 1.82) is 0 Å². The van der Waals surface area contributed by atoms with E-state index < -0.39 is 124 Å². The Morgan fingerprint density at radius 3 is 1.01 bits per heavy atom. The molecule has 0 saturated carbocycles. The van der Waals surface area contributed by atoms with Crippen LogP contribution in [-0.2, 0) is 33.2 Å². The summed E-state index contributed by atoms with van der Waals surface area (Å²) in [6, 6.07) is -0.982. The lowest BCUT2D eigenvalue weighted by molar-refractivity contribution is -0.379. The molecule has 0 radical (unpaired) electrons. The van der Waals surface area contributed by atoms with Gasteiger partial charge in [-0.05, 0) is 83.5 Å². The minimum atomic E-state index is -1.98. The van der Waals surface area contributed by atoms with Crippen LogP contribution in [0, 0.1) is 0 Å². The lowest BCUT2D eigenvalue weighted by Gasteiger charge is -2.48. The number of hydrogen-bond acceptors (Lipinski definition) is 18. The molecule has 3 fully saturated rings. The number of hydrogen-bond donors (Lipinski definition) is 12. The molecule has 3 rings (SSSR count). The van der Waals surface area contributed by atoms with Gasteiger partial charge in [0.15, 0.2) is 18.9 Å². The molecule has 3 aliphatic rings. The highest BCUT2D eigenvalue weighted by Crippen LogP contribution is 2.33. The molecule has 1 amide bonds. The quantitative estimate of drug-likeness (QED) is 0.0199. The van der Waals surface area contributed by atoms with Crippen LogP contribution in [-0.4, -0.2) is 193 Å². The summed E-state index contributed by atoms with van der Waals surface area (Å²) in [4.78, 5) is 13.5. The Kier molecular flexibility index (Phi) is 61.1. The first-order chi connectivity index (χ1) is 52.3. The van der Waals surface area contributed by atoms with Gasteiger partial charge in [-0.15, -0.1) is 0 Å². The SMILES string of the molecule is CC/C=C\C/C=C\C/C=C\C/C=C\C/C=C\C/C=C\C/C=C\C/C=C\CCCCCCCCCCCCCCC(=O)NC(COC1OC(CO)C(OC2OC(CO)C(OC3OC(CO)C(O)C(O)C3O)C(O)C2O)C(O)C1O)C(O)/C=C/CCCCCCCCCCCCCCCCCCCCCCCCC. The fourth-order valence-electron chi connectivity index (χ4n) is 13.8. The summed E-state index contributed by atoms with van der Waals surface area (Å²) in [6.07, 6.45) is 66.4. The van der Waals surface area contributed by atoms with Crippen molar-refractivity contribution in [3.8, 4) is 0 Å². The summed E-state index contributed by atoms with van der Waals surface area (Å²) >= 11 is 0. The van der Waals surface area contributed by atoms with Gasteiger partial charge < -0.3 is 89.9 Å². The lowest BCUT2D eigenvalue weighted by Crippen LogP contribution is -2.66. The van der Waals surface area contributed by atoms with Crippen LogP contribution in [0.15, 0.2) is 109 Å². The Labute approximate surface area is 646 Å². The van der Waals surface area contributed by atoms with E-state index >= 15 is 0 Å². The van der Waals surface area contributed by atoms with Gasteiger partial charge in [0.05, 0.1) is 38.6 Å². The van der Waals surface area contributed by atoms with Crippen molar-refractivity contribution in [2.75, 3.05) is 26.4 Å². The van der Waals surface area contributed by atoms with E-state index in [0.717, 1.165) is 109 Å². The van der Waals surface area contributed by atoms with Gasteiger partial charge in [0, 0.05) is 6.42 Å². The van der Waals surface area contributed by atoms with Crippen LogP contribution in [0.2, 0.25) is 0 Å². The number of nitrogens with one attached hydrogen (secondary N) is 1. The van der Waals surface area contributed by atoms with Crippen molar-refractivity contribution in [1.82, 2.24) is 5.32 Å². The molecule has 107 heavy (non-hydrogen) atoms. The summed E-state index contributed by atoms with van der Waals surface area (Å²) in [7, 11) is 0. The second-order valence-electron chi connectivity index (χ2n) is 29.9. The molecule has 17 atom stereocenters. The number of aliphatic hydroxyl groups excluding tert-OH is 11. The van der Waals surface area contributed by atoms with Gasteiger partial charge >= 0.3 is 0 Å². The summed E-state index contributed by atoms with van der Waals surface area (Å²) in [5.41, 5.74) is 0. The zero-order valence-electron chi connectivity index (χ0n) is 66.3. The number of aliphatic hydroxyl groups is 11. The number of unbranched alkanes of at least 4 members (excludes halogenated alkanes) is 35. The maximum Gasteiger partial charge on any atom is 0.220 e. The largest absolute Gasteiger partial charge is 0.394 e. The standard InChI is InChI=1S/C88H153NO18/c1-3-5-7-9-11-13-15-17-19-21-23-25-27-29-30-31-32-33-34-35-36-37-38-39-40-42-44-46-48-50-52-54-56-58-60-62-64-66-76(94)89-71(72(93)65-63-61-59-57-55-53-51-49-47-45-43-41-28-26-24-22-20-18-16-14-12-10-8-6-4-2)70-102-86-82(100)79(97)84(74(68-91)104-86)107-88-83(101)80(98)85(75(69-92)105-88)106-87-81(99)78(96)77(95)73(67-90)103-87/h5,7,11,13,17,19,23,25,29-30,32-33,35-36,38-39,63,65,71-75,77-88,90-93,95-101H,3-4,6,8-10,12,14-16,18,20-22,24,26-28,31,34,37,40-62,64,66-70H2,1-2H3,(H,89,94)/b7-5-,13-11-,19-17-,25-23-,30-29-,33-32-,36-35-,39-38-,65-63+. The average molecular weight is 1510 g/mol. The molecule has 0 spiro atoms. The van der Waals surface area contributed by atoms with Crippen LogP contribution in [0.3, 0.4) is 0 Å². The van der Waals surface area contributed by atoms with E-state index in [0.29, 0.717) is 6.42 Å². The summed E-state index contributed by atoms with van der Waals surface area (Å²) in [6.45, 7) is 1.65. The first kappa shape index (κ1) is 97.6. The van der Waals surface area contributed by atoms with Crippen molar-refractivity contribution < 1.29 is 89.4 Å². The highest BCUT2D eigenvalue weighted by atomic mass is 16.8. The van der Waals surface area contributed by atoms with Crippen LogP contribution in [0.5, 0.6) is 0 Å².